The van der Waals surface area contributed by atoms with E-state index >= 15 is 0 Å². The van der Waals surface area contributed by atoms with E-state index in [9.17, 15) is 61.0 Å². The van der Waals surface area contributed by atoms with E-state index in [2.05, 4.69) is 31.3 Å². The highest BCUT2D eigenvalue weighted by atomic mass is 16.8. The molecule has 3 aliphatic heterocycles. The minimum absolute atomic E-state index is 0.247. The normalized spacial score (nSPS) is 28.8. The van der Waals surface area contributed by atoms with Crippen molar-refractivity contribution in [2.75, 3.05) is 26.4 Å². The molecule has 0 aromatic rings. The highest BCUT2D eigenvalue weighted by Crippen LogP contribution is 2.33. The Morgan fingerprint density at radius 2 is 0.733 bits per heavy atom. The molecule has 0 saturated carbocycles. The van der Waals surface area contributed by atoms with Gasteiger partial charge in [-0.15, -0.1) is 0 Å². The lowest BCUT2D eigenvalue weighted by molar-refractivity contribution is -0.379. The van der Waals surface area contributed by atoms with Crippen LogP contribution in [0.1, 0.15) is 277 Å². The Bertz CT molecular complexity index is 1620. The Morgan fingerprint density at radius 1 is 0.407 bits per heavy atom. The Labute approximate surface area is 518 Å². The number of hydrogen-bond donors (Lipinski definition) is 12. The van der Waals surface area contributed by atoms with Gasteiger partial charge in [0.15, 0.2) is 18.9 Å². The van der Waals surface area contributed by atoms with Crippen LogP contribution < -0.4 is 5.32 Å². The summed E-state index contributed by atoms with van der Waals surface area (Å²) in [4.78, 5) is 13.4. The smallest absolute Gasteiger partial charge is 0.220 e. The van der Waals surface area contributed by atoms with Crippen molar-refractivity contribution in [3.8, 4) is 0 Å². The summed E-state index contributed by atoms with van der Waals surface area (Å²) in [6.45, 7) is 1.82. The number of rotatable bonds is 54. The van der Waals surface area contributed by atoms with Crippen molar-refractivity contribution in [3.63, 3.8) is 0 Å². The molecular weight excluding hydrogens is 1110 g/mol. The van der Waals surface area contributed by atoms with Crippen molar-refractivity contribution in [1.29, 1.82) is 0 Å². The largest absolute Gasteiger partial charge is 0.394 e. The van der Waals surface area contributed by atoms with Crippen LogP contribution in [0, 0.1) is 0 Å². The molecule has 86 heavy (non-hydrogen) atoms. The maximum absolute atomic E-state index is 13.4. The van der Waals surface area contributed by atoms with Crippen molar-refractivity contribution in [1.82, 2.24) is 5.32 Å². The summed E-state index contributed by atoms with van der Waals surface area (Å²) in [7, 11) is 0. The van der Waals surface area contributed by atoms with Crippen LogP contribution in [-0.2, 0) is 33.2 Å². The molecule has 0 aromatic carbocycles. The second-order valence-corrected chi connectivity index (χ2v) is 25.3. The third kappa shape index (κ3) is 32.2. The Balaban J connectivity index is 1.42. The number of nitrogens with one attached hydrogen (secondary N) is 1. The fraction of sp³-hybridized carbons (Fsp3) is 0.955. The van der Waals surface area contributed by atoms with Crippen LogP contribution in [0.4, 0.5) is 0 Å². The van der Waals surface area contributed by atoms with Gasteiger partial charge in [0.2, 0.25) is 5.91 Å². The highest BCUT2D eigenvalue weighted by Gasteiger charge is 2.53. The van der Waals surface area contributed by atoms with Gasteiger partial charge in [-0.1, -0.05) is 244 Å². The van der Waals surface area contributed by atoms with Crippen LogP contribution in [0.3, 0.4) is 0 Å². The van der Waals surface area contributed by atoms with Gasteiger partial charge in [-0.25, -0.2) is 0 Å². The van der Waals surface area contributed by atoms with Gasteiger partial charge < -0.3 is 89.9 Å². The zero-order chi connectivity index (χ0) is 62.6. The SMILES string of the molecule is CCCCCCCCC/C=C\CCCCCCCC(=O)NC(COC1OC(CO)C(OC2OC(CO)C(OC3OC(CO)C(O)C(O)C3O)C(O)C2O)C(O)C1O)C(O)CCCCCCCCCCCCCCCCCCCCCCCCCCC. The summed E-state index contributed by atoms with van der Waals surface area (Å²) in [5, 5.41) is 121. The number of aliphatic hydroxyl groups is 11. The first-order chi connectivity index (χ1) is 41.8. The minimum atomic E-state index is -1.97. The highest BCUT2D eigenvalue weighted by molar-refractivity contribution is 5.76. The molecule has 0 aromatic heterocycles. The van der Waals surface area contributed by atoms with Gasteiger partial charge in [0.25, 0.3) is 0 Å². The van der Waals surface area contributed by atoms with E-state index < -0.39 is 124 Å². The van der Waals surface area contributed by atoms with Gasteiger partial charge in [-0.3, -0.25) is 4.79 Å². The third-order valence-corrected chi connectivity index (χ3v) is 17.8. The van der Waals surface area contributed by atoms with E-state index in [0.717, 1.165) is 64.2 Å². The summed E-state index contributed by atoms with van der Waals surface area (Å²) in [6, 6.07) is -0.889. The fourth-order valence-corrected chi connectivity index (χ4v) is 12.1. The molecule has 0 radical (unpaired) electrons. The Hall–Kier alpha value is -1.47. The fourth-order valence-electron chi connectivity index (χ4n) is 12.1. The number of carbonyl (C=O) groups excluding carboxylic acids is 1. The molecule has 3 heterocycles. The lowest BCUT2D eigenvalue weighted by Gasteiger charge is -2.48. The number of ether oxygens (including phenoxy) is 6. The number of allylic oxidation sites excluding steroid dienone is 2. The van der Waals surface area contributed by atoms with Gasteiger partial charge in [0.05, 0.1) is 38.6 Å². The molecule has 17 unspecified atom stereocenters. The van der Waals surface area contributed by atoms with E-state index in [-0.39, 0.29) is 18.9 Å². The van der Waals surface area contributed by atoms with E-state index in [1.165, 1.54) is 180 Å². The van der Waals surface area contributed by atoms with Crippen LogP contribution in [0.25, 0.3) is 0 Å². The predicted molar refractivity (Wildman–Crippen MR) is 333 cm³/mol. The van der Waals surface area contributed by atoms with Crippen molar-refractivity contribution in [2.45, 2.75) is 381 Å². The second kappa shape index (κ2) is 50.1. The van der Waals surface area contributed by atoms with E-state index in [1.54, 1.807) is 0 Å². The van der Waals surface area contributed by atoms with Crippen molar-refractivity contribution in [2.24, 2.45) is 0 Å². The monoisotopic (exact) mass is 1230 g/mol. The molecule has 12 N–H and O–H groups in total. The van der Waals surface area contributed by atoms with Gasteiger partial charge >= 0.3 is 0 Å². The zero-order valence-corrected chi connectivity index (χ0v) is 53.6. The standard InChI is InChI=1S/C67H127NO18/c1-3-5-7-9-11-13-15-17-19-21-22-23-24-25-26-27-28-29-30-32-34-36-38-40-42-44-51(72)50(68-55(73)45-43-41-39-37-35-33-31-20-18-16-14-12-10-8-6-4-2)49-81-65-61(79)58(76)63(53(47-70)83-65)86-67-62(80)59(77)64(54(48-71)84-67)85-66-60(78)57(75)56(74)52(46-69)82-66/h20,31,50-54,56-67,69-72,74-80H,3-19,21-30,32-49H2,1-2H3,(H,68,73)/b31-20-. The zero-order valence-electron chi connectivity index (χ0n) is 53.6. The van der Waals surface area contributed by atoms with Crippen LogP contribution in [0.2, 0.25) is 0 Å². The summed E-state index contributed by atoms with van der Waals surface area (Å²) >= 11 is 0. The molecule has 0 bridgehead atoms. The van der Waals surface area contributed by atoms with E-state index in [0.29, 0.717) is 12.8 Å². The Kier molecular flexibility index (Phi) is 45.9. The molecule has 508 valence electrons. The van der Waals surface area contributed by atoms with E-state index in [4.69, 9.17) is 28.4 Å². The summed E-state index contributed by atoms with van der Waals surface area (Å²) in [5.41, 5.74) is 0. The first kappa shape index (κ1) is 78.8. The molecule has 19 nitrogen and oxygen atoms in total. The molecule has 3 saturated heterocycles. The molecule has 17 atom stereocenters. The van der Waals surface area contributed by atoms with Crippen molar-refractivity contribution in [3.05, 3.63) is 12.2 Å². The quantitative estimate of drug-likeness (QED) is 0.0200. The first-order valence-electron chi connectivity index (χ1n) is 34.9. The number of hydrogen-bond acceptors (Lipinski definition) is 18. The van der Waals surface area contributed by atoms with Crippen LogP contribution >= 0.6 is 0 Å². The van der Waals surface area contributed by atoms with E-state index in [1.807, 2.05) is 0 Å². The lowest BCUT2D eigenvalue weighted by Crippen LogP contribution is -2.66. The first-order valence-corrected chi connectivity index (χ1v) is 34.9. The van der Waals surface area contributed by atoms with Crippen LogP contribution in [-0.4, -0.2) is 193 Å². The summed E-state index contributed by atoms with van der Waals surface area (Å²) in [6.07, 6.45) is 27.2. The predicted octanol–water partition coefficient (Wildman–Crippen LogP) is 8.89. The average molecular weight is 1230 g/mol. The van der Waals surface area contributed by atoms with Gasteiger partial charge in [-0.05, 0) is 38.5 Å². The average Bonchev–Trinajstić information content (AvgIpc) is 2.32. The molecule has 19 heteroatoms. The molecule has 3 aliphatic rings. The number of unbranched alkanes of at least 4 members (excludes halogenated alkanes) is 36. The van der Waals surface area contributed by atoms with Gasteiger partial charge in [0, 0.05) is 6.42 Å². The van der Waals surface area contributed by atoms with Crippen molar-refractivity contribution >= 4 is 5.91 Å². The molecule has 0 aliphatic carbocycles. The number of amides is 1. The molecular formula is C67H127NO18. The number of aliphatic hydroxyl groups excluding tert-OH is 11. The third-order valence-electron chi connectivity index (χ3n) is 17.8. The van der Waals surface area contributed by atoms with Crippen LogP contribution in [0.15, 0.2) is 12.2 Å². The minimum Gasteiger partial charge on any atom is -0.394 e. The lowest BCUT2D eigenvalue weighted by atomic mass is 9.96. The molecule has 3 fully saturated rings. The topological polar surface area (TPSA) is 307 Å². The molecule has 1 amide bonds. The summed E-state index contributed by atoms with van der Waals surface area (Å²) < 4.78 is 34.4. The maximum Gasteiger partial charge on any atom is 0.220 e. The van der Waals surface area contributed by atoms with Crippen molar-refractivity contribution < 1.29 is 89.4 Å². The summed E-state index contributed by atoms with van der Waals surface area (Å²) in [5.74, 6) is -0.247. The van der Waals surface area contributed by atoms with Gasteiger partial charge in [-0.2, -0.15) is 0 Å². The van der Waals surface area contributed by atoms with Gasteiger partial charge in [0.1, 0.15) is 73.2 Å². The van der Waals surface area contributed by atoms with Crippen LogP contribution in [0.5, 0.6) is 0 Å². The second-order valence-electron chi connectivity index (χ2n) is 25.3. The molecule has 0 spiro atoms. The molecule has 3 rings (SSSR count). The maximum atomic E-state index is 13.4. The Morgan fingerprint density at radius 3 is 1.13 bits per heavy atom. The number of carbonyl (C=O) groups is 1.